The summed E-state index contributed by atoms with van der Waals surface area (Å²) in [6.07, 6.45) is 2.52. The first-order chi connectivity index (χ1) is 6.49. The van der Waals surface area contributed by atoms with Gasteiger partial charge in [-0.25, -0.2) is 0 Å². The van der Waals surface area contributed by atoms with Gasteiger partial charge in [0.15, 0.2) is 0 Å². The second kappa shape index (κ2) is 3.21. The van der Waals surface area contributed by atoms with Crippen molar-refractivity contribution in [3.05, 3.63) is 0 Å². The van der Waals surface area contributed by atoms with E-state index in [2.05, 4.69) is 4.90 Å². The smallest absolute Gasteiger partial charge is 0.308 e. The summed E-state index contributed by atoms with van der Waals surface area (Å²) in [7, 11) is 0. The minimum Gasteiger partial charge on any atom is -0.481 e. The van der Waals surface area contributed by atoms with Crippen molar-refractivity contribution in [2.75, 3.05) is 13.1 Å². The van der Waals surface area contributed by atoms with Crippen molar-refractivity contribution in [3.63, 3.8) is 0 Å². The molecule has 2 aliphatic rings. The van der Waals surface area contributed by atoms with Gasteiger partial charge in [-0.05, 0) is 26.2 Å². The monoisotopic (exact) mass is 199 g/mol. The number of aliphatic carboxylic acids is 1. The number of likely N-dealkylation sites (tertiary alicyclic amines) is 1. The highest BCUT2D eigenvalue weighted by atomic mass is 16.4. The molecule has 1 heterocycles. The summed E-state index contributed by atoms with van der Waals surface area (Å²) in [5.41, 5.74) is -0.612. The van der Waals surface area contributed by atoms with Gasteiger partial charge in [-0.1, -0.05) is 0 Å². The molecule has 4 nitrogen and oxygen atoms in total. The predicted molar refractivity (Wildman–Crippen MR) is 51.0 cm³/mol. The van der Waals surface area contributed by atoms with E-state index in [0.29, 0.717) is 6.54 Å². The minimum atomic E-state index is -0.687. The molecule has 2 rings (SSSR count). The SMILES string of the molecule is CC1(O)CCN(C2CCC2C(=O)O)C1. The third-order valence-electron chi connectivity index (χ3n) is 3.51. The molecule has 14 heavy (non-hydrogen) atoms. The number of carbonyl (C=O) groups is 1. The molecule has 80 valence electrons. The molecule has 0 aromatic carbocycles. The standard InChI is InChI=1S/C10H17NO3/c1-10(14)4-5-11(6-10)8-3-2-7(8)9(12)13/h7-8,14H,2-6H2,1H3,(H,12,13). The maximum Gasteiger partial charge on any atom is 0.308 e. The molecule has 0 bridgehead atoms. The Labute approximate surface area is 83.5 Å². The number of nitrogens with zero attached hydrogens (tertiary/aromatic N) is 1. The van der Waals surface area contributed by atoms with Gasteiger partial charge in [-0.15, -0.1) is 0 Å². The van der Waals surface area contributed by atoms with Crippen LogP contribution >= 0.6 is 0 Å². The third kappa shape index (κ3) is 1.64. The lowest BCUT2D eigenvalue weighted by Crippen LogP contribution is -2.50. The summed E-state index contributed by atoms with van der Waals surface area (Å²) in [5.74, 6) is -0.892. The molecule has 1 saturated heterocycles. The van der Waals surface area contributed by atoms with Crippen LogP contribution < -0.4 is 0 Å². The zero-order valence-electron chi connectivity index (χ0n) is 8.44. The number of aliphatic hydroxyl groups is 1. The van der Waals surface area contributed by atoms with Crippen molar-refractivity contribution in [2.45, 2.75) is 37.8 Å². The van der Waals surface area contributed by atoms with Crippen LogP contribution in [-0.2, 0) is 4.79 Å². The van der Waals surface area contributed by atoms with Crippen LogP contribution in [0.15, 0.2) is 0 Å². The first-order valence-corrected chi connectivity index (χ1v) is 5.19. The molecule has 4 heteroatoms. The van der Waals surface area contributed by atoms with E-state index in [1.54, 1.807) is 0 Å². The quantitative estimate of drug-likeness (QED) is 0.671. The Morgan fingerprint density at radius 3 is 2.57 bits per heavy atom. The van der Waals surface area contributed by atoms with Crippen molar-refractivity contribution < 1.29 is 15.0 Å². The Bertz CT molecular complexity index is 252. The van der Waals surface area contributed by atoms with Crippen LogP contribution in [-0.4, -0.2) is 45.8 Å². The number of hydrogen-bond acceptors (Lipinski definition) is 3. The highest BCUT2D eigenvalue weighted by molar-refractivity contribution is 5.72. The molecule has 2 fully saturated rings. The van der Waals surface area contributed by atoms with E-state index in [9.17, 15) is 9.90 Å². The van der Waals surface area contributed by atoms with E-state index in [-0.39, 0.29) is 12.0 Å². The molecular formula is C10H17NO3. The number of hydrogen-bond donors (Lipinski definition) is 2. The molecule has 0 spiro atoms. The maximum atomic E-state index is 10.8. The molecule has 1 aliphatic carbocycles. The fourth-order valence-electron chi connectivity index (χ4n) is 2.47. The van der Waals surface area contributed by atoms with Crippen LogP contribution in [0.25, 0.3) is 0 Å². The highest BCUT2D eigenvalue weighted by Crippen LogP contribution is 2.36. The summed E-state index contributed by atoms with van der Waals surface area (Å²) >= 11 is 0. The molecule has 1 aliphatic heterocycles. The molecule has 0 radical (unpaired) electrons. The second-order valence-electron chi connectivity index (χ2n) is 4.81. The lowest BCUT2D eigenvalue weighted by molar-refractivity contribution is -0.148. The Kier molecular flexibility index (Phi) is 2.27. The molecular weight excluding hydrogens is 182 g/mol. The lowest BCUT2D eigenvalue weighted by Gasteiger charge is -2.40. The van der Waals surface area contributed by atoms with Gasteiger partial charge in [0.05, 0.1) is 11.5 Å². The van der Waals surface area contributed by atoms with Gasteiger partial charge in [-0.2, -0.15) is 0 Å². The van der Waals surface area contributed by atoms with Crippen LogP contribution in [0.2, 0.25) is 0 Å². The average molecular weight is 199 g/mol. The van der Waals surface area contributed by atoms with Crippen molar-refractivity contribution in [2.24, 2.45) is 5.92 Å². The predicted octanol–water partition coefficient (Wildman–Crippen LogP) is 0.306. The second-order valence-corrected chi connectivity index (χ2v) is 4.81. The van der Waals surface area contributed by atoms with E-state index in [4.69, 9.17) is 5.11 Å². The van der Waals surface area contributed by atoms with Gasteiger partial charge in [0.1, 0.15) is 0 Å². The topological polar surface area (TPSA) is 60.8 Å². The van der Waals surface area contributed by atoms with Gasteiger partial charge in [0.25, 0.3) is 0 Å². The van der Waals surface area contributed by atoms with Gasteiger partial charge in [-0.3, -0.25) is 9.69 Å². The third-order valence-corrected chi connectivity index (χ3v) is 3.51. The number of rotatable bonds is 2. The van der Waals surface area contributed by atoms with Crippen molar-refractivity contribution in [1.82, 2.24) is 4.90 Å². The fraction of sp³-hybridized carbons (Fsp3) is 0.900. The molecule has 2 N–H and O–H groups in total. The normalized spacial score (nSPS) is 43.6. The summed E-state index contributed by atoms with van der Waals surface area (Å²) in [5, 5.41) is 18.7. The van der Waals surface area contributed by atoms with E-state index >= 15 is 0 Å². The molecule has 0 amide bonds. The lowest BCUT2D eigenvalue weighted by atomic mass is 9.78. The summed E-state index contributed by atoms with van der Waals surface area (Å²) in [4.78, 5) is 12.9. The van der Waals surface area contributed by atoms with E-state index in [0.717, 1.165) is 25.8 Å². The van der Waals surface area contributed by atoms with E-state index in [1.807, 2.05) is 6.92 Å². The molecule has 3 atom stereocenters. The van der Waals surface area contributed by atoms with Gasteiger partial charge in [0.2, 0.25) is 0 Å². The Morgan fingerprint density at radius 1 is 1.50 bits per heavy atom. The molecule has 0 aromatic rings. The van der Waals surface area contributed by atoms with Crippen molar-refractivity contribution in [1.29, 1.82) is 0 Å². The fourth-order valence-corrected chi connectivity index (χ4v) is 2.47. The number of β-amino-alcohol motifs (C(OH)–C–C–N with tert-alkyl or cyclic N) is 1. The largest absolute Gasteiger partial charge is 0.481 e. The molecule has 0 aromatic heterocycles. The highest BCUT2D eigenvalue weighted by Gasteiger charge is 2.44. The van der Waals surface area contributed by atoms with Crippen molar-refractivity contribution >= 4 is 5.97 Å². The molecule has 3 unspecified atom stereocenters. The summed E-state index contributed by atoms with van der Waals surface area (Å²) in [6.45, 7) is 3.28. The summed E-state index contributed by atoms with van der Waals surface area (Å²) < 4.78 is 0. The maximum absolute atomic E-state index is 10.8. The number of carboxylic acid groups (broad SMARTS) is 1. The summed E-state index contributed by atoms with van der Waals surface area (Å²) in [6, 6.07) is 0.168. The van der Waals surface area contributed by atoms with Crippen LogP contribution in [0, 0.1) is 5.92 Å². The van der Waals surface area contributed by atoms with Gasteiger partial charge >= 0.3 is 5.97 Å². The van der Waals surface area contributed by atoms with Crippen LogP contribution in [0.3, 0.4) is 0 Å². The zero-order valence-corrected chi connectivity index (χ0v) is 8.44. The van der Waals surface area contributed by atoms with Gasteiger partial charge < -0.3 is 10.2 Å². The van der Waals surface area contributed by atoms with Crippen molar-refractivity contribution in [3.8, 4) is 0 Å². The van der Waals surface area contributed by atoms with E-state index in [1.165, 1.54) is 0 Å². The Hall–Kier alpha value is -0.610. The Balaban J connectivity index is 1.94. The van der Waals surface area contributed by atoms with Crippen LogP contribution in [0.5, 0.6) is 0 Å². The first kappa shape index (κ1) is 9.93. The number of carboxylic acids is 1. The molecule has 1 saturated carbocycles. The van der Waals surface area contributed by atoms with E-state index < -0.39 is 11.6 Å². The minimum absolute atomic E-state index is 0.168. The first-order valence-electron chi connectivity index (χ1n) is 5.19. The van der Waals surface area contributed by atoms with Crippen LogP contribution in [0.1, 0.15) is 26.2 Å². The average Bonchev–Trinajstić information content (AvgIpc) is 2.26. The van der Waals surface area contributed by atoms with Gasteiger partial charge in [0, 0.05) is 19.1 Å². The van der Waals surface area contributed by atoms with Crippen LogP contribution in [0.4, 0.5) is 0 Å². The zero-order chi connectivity index (χ0) is 10.3. The Morgan fingerprint density at radius 2 is 2.21 bits per heavy atom.